The summed E-state index contributed by atoms with van der Waals surface area (Å²) >= 11 is 0. The molecule has 0 aliphatic rings. The number of carbonyl (C=O) groups excluding carboxylic acids is 1. The van der Waals surface area contributed by atoms with Gasteiger partial charge in [-0.15, -0.1) is 0 Å². The van der Waals surface area contributed by atoms with E-state index in [1.807, 2.05) is 37.3 Å². The van der Waals surface area contributed by atoms with Crippen molar-refractivity contribution in [1.29, 1.82) is 0 Å². The molecule has 0 amide bonds. The second-order valence-corrected chi connectivity index (χ2v) is 6.82. The van der Waals surface area contributed by atoms with Crippen molar-refractivity contribution in [2.75, 3.05) is 6.61 Å². The van der Waals surface area contributed by atoms with Crippen molar-refractivity contribution in [3.05, 3.63) is 75.8 Å². The van der Waals surface area contributed by atoms with Crippen LogP contribution in [-0.4, -0.2) is 22.0 Å². The zero-order valence-corrected chi connectivity index (χ0v) is 16.3. The summed E-state index contributed by atoms with van der Waals surface area (Å²) in [6.45, 7) is 5.86. The lowest BCUT2D eigenvalue weighted by molar-refractivity contribution is -0.147. The van der Waals surface area contributed by atoms with E-state index in [4.69, 9.17) is 9.47 Å². The number of fused-ring (bicyclic) bond motifs is 1. The SMILES string of the molecule is CCC(C)c1ccccc1OCC(=O)OCc1cc(=O)n2cc(C)ccc2n1. The molecule has 1 atom stereocenters. The summed E-state index contributed by atoms with van der Waals surface area (Å²) in [5.74, 6) is 0.515. The van der Waals surface area contributed by atoms with E-state index in [2.05, 4.69) is 18.8 Å². The molecule has 0 aliphatic carbocycles. The van der Waals surface area contributed by atoms with E-state index in [0.29, 0.717) is 23.0 Å². The topological polar surface area (TPSA) is 69.9 Å². The van der Waals surface area contributed by atoms with Crippen LogP contribution < -0.4 is 10.3 Å². The Bertz CT molecular complexity index is 1040. The summed E-state index contributed by atoms with van der Waals surface area (Å²) < 4.78 is 12.4. The molecule has 2 heterocycles. The van der Waals surface area contributed by atoms with Gasteiger partial charge in [0.25, 0.3) is 5.56 Å². The van der Waals surface area contributed by atoms with Crippen molar-refractivity contribution in [2.24, 2.45) is 0 Å². The third kappa shape index (κ3) is 4.57. The zero-order valence-electron chi connectivity index (χ0n) is 16.3. The second-order valence-electron chi connectivity index (χ2n) is 6.82. The van der Waals surface area contributed by atoms with Crippen LogP contribution in [0.1, 0.15) is 43.0 Å². The third-order valence-electron chi connectivity index (χ3n) is 4.65. The van der Waals surface area contributed by atoms with Gasteiger partial charge in [0.05, 0.1) is 5.69 Å². The molecule has 0 fully saturated rings. The van der Waals surface area contributed by atoms with Gasteiger partial charge in [-0.2, -0.15) is 0 Å². The molecule has 0 bridgehead atoms. The third-order valence-corrected chi connectivity index (χ3v) is 4.65. The lowest BCUT2D eigenvalue weighted by atomic mass is 9.98. The molecule has 0 saturated heterocycles. The fraction of sp³-hybridized carbons (Fsp3) is 0.318. The van der Waals surface area contributed by atoms with Crippen LogP contribution in [0.2, 0.25) is 0 Å². The lowest BCUT2D eigenvalue weighted by Gasteiger charge is -2.15. The van der Waals surface area contributed by atoms with E-state index >= 15 is 0 Å². The van der Waals surface area contributed by atoms with Crippen LogP contribution >= 0.6 is 0 Å². The monoisotopic (exact) mass is 380 g/mol. The highest BCUT2D eigenvalue weighted by Gasteiger charge is 2.12. The average Bonchev–Trinajstić information content (AvgIpc) is 2.71. The van der Waals surface area contributed by atoms with E-state index in [1.165, 1.54) is 10.5 Å². The first kappa shape index (κ1) is 19.6. The fourth-order valence-corrected chi connectivity index (χ4v) is 2.90. The van der Waals surface area contributed by atoms with Crippen molar-refractivity contribution in [2.45, 2.75) is 39.7 Å². The first-order valence-corrected chi connectivity index (χ1v) is 9.34. The predicted molar refractivity (Wildman–Crippen MR) is 107 cm³/mol. The number of benzene rings is 1. The molecule has 6 nitrogen and oxygen atoms in total. The van der Waals surface area contributed by atoms with Crippen LogP contribution in [0.5, 0.6) is 5.75 Å². The van der Waals surface area contributed by atoms with E-state index in [1.54, 1.807) is 12.3 Å². The maximum atomic E-state index is 12.2. The Morgan fingerprint density at radius 1 is 1.21 bits per heavy atom. The maximum Gasteiger partial charge on any atom is 0.344 e. The van der Waals surface area contributed by atoms with Crippen molar-refractivity contribution < 1.29 is 14.3 Å². The number of aryl methyl sites for hydroxylation is 1. The molecule has 3 rings (SSSR count). The molecule has 3 aromatic rings. The maximum absolute atomic E-state index is 12.2. The van der Waals surface area contributed by atoms with Crippen molar-refractivity contribution >= 4 is 11.6 Å². The summed E-state index contributed by atoms with van der Waals surface area (Å²) in [5.41, 5.74) is 2.74. The van der Waals surface area contributed by atoms with E-state index in [9.17, 15) is 9.59 Å². The smallest absolute Gasteiger partial charge is 0.344 e. The van der Waals surface area contributed by atoms with Crippen LogP contribution in [0, 0.1) is 6.92 Å². The Morgan fingerprint density at radius 2 is 2.00 bits per heavy atom. The number of aromatic nitrogens is 2. The molecule has 2 aromatic heterocycles. The highest BCUT2D eigenvalue weighted by Crippen LogP contribution is 2.28. The number of hydrogen-bond acceptors (Lipinski definition) is 5. The normalized spacial score (nSPS) is 12.0. The predicted octanol–water partition coefficient (Wildman–Crippen LogP) is 3.64. The van der Waals surface area contributed by atoms with Gasteiger partial charge in [-0.3, -0.25) is 9.20 Å². The minimum Gasteiger partial charge on any atom is -0.482 e. The first-order valence-electron chi connectivity index (χ1n) is 9.34. The summed E-state index contributed by atoms with van der Waals surface area (Å²) in [6, 6.07) is 12.7. The number of pyridine rings is 1. The van der Waals surface area contributed by atoms with Gasteiger partial charge in [0.15, 0.2) is 6.61 Å². The molecule has 1 unspecified atom stereocenters. The van der Waals surface area contributed by atoms with Crippen molar-refractivity contribution in [3.63, 3.8) is 0 Å². The largest absolute Gasteiger partial charge is 0.482 e. The van der Waals surface area contributed by atoms with Gasteiger partial charge in [-0.25, -0.2) is 9.78 Å². The standard InChI is InChI=1S/C22H24N2O4/c1-4-16(3)18-7-5-6-8-19(18)27-14-22(26)28-13-17-11-21(25)24-12-15(2)9-10-20(24)23-17/h5-12,16H,4,13-14H2,1-3H3. The minimum absolute atomic E-state index is 0.0746. The Morgan fingerprint density at radius 3 is 2.79 bits per heavy atom. The molecule has 28 heavy (non-hydrogen) atoms. The molecule has 146 valence electrons. The Balaban J connectivity index is 1.62. The summed E-state index contributed by atoms with van der Waals surface area (Å²) in [5, 5.41) is 0. The van der Waals surface area contributed by atoms with Crippen LogP contribution in [0.3, 0.4) is 0 Å². The number of nitrogens with zero attached hydrogens (tertiary/aromatic N) is 2. The molecule has 0 saturated carbocycles. The van der Waals surface area contributed by atoms with Crippen LogP contribution in [-0.2, 0) is 16.1 Å². The summed E-state index contributed by atoms with van der Waals surface area (Å²) in [6.07, 6.45) is 2.70. The molecule has 0 spiro atoms. The van der Waals surface area contributed by atoms with E-state index in [-0.39, 0.29) is 18.8 Å². The molecule has 0 N–H and O–H groups in total. The van der Waals surface area contributed by atoms with Crippen LogP contribution in [0.15, 0.2) is 53.5 Å². The molecule has 6 heteroatoms. The number of rotatable bonds is 7. The van der Waals surface area contributed by atoms with Gasteiger partial charge in [-0.1, -0.05) is 38.1 Å². The first-order chi connectivity index (χ1) is 13.5. The van der Waals surface area contributed by atoms with Gasteiger partial charge >= 0.3 is 5.97 Å². The Hall–Kier alpha value is -3.15. The molecular weight excluding hydrogens is 356 g/mol. The van der Waals surface area contributed by atoms with E-state index < -0.39 is 5.97 Å². The van der Waals surface area contributed by atoms with Crippen molar-refractivity contribution in [1.82, 2.24) is 9.38 Å². The number of hydrogen-bond donors (Lipinski definition) is 0. The number of esters is 1. The van der Waals surface area contributed by atoms with Gasteiger partial charge in [0.2, 0.25) is 0 Å². The summed E-state index contributed by atoms with van der Waals surface area (Å²) in [7, 11) is 0. The number of ether oxygens (including phenoxy) is 2. The van der Waals surface area contributed by atoms with E-state index in [0.717, 1.165) is 17.5 Å². The van der Waals surface area contributed by atoms with Gasteiger partial charge < -0.3 is 9.47 Å². The highest BCUT2D eigenvalue weighted by molar-refractivity contribution is 5.71. The minimum atomic E-state index is -0.509. The van der Waals surface area contributed by atoms with Crippen LogP contribution in [0.4, 0.5) is 0 Å². The fourth-order valence-electron chi connectivity index (χ4n) is 2.90. The summed E-state index contributed by atoms with van der Waals surface area (Å²) in [4.78, 5) is 28.6. The van der Waals surface area contributed by atoms with Gasteiger partial charge in [0, 0.05) is 12.3 Å². The molecule has 0 radical (unpaired) electrons. The molecular formula is C22H24N2O4. The molecule has 0 aliphatic heterocycles. The molecule has 1 aromatic carbocycles. The Kier molecular flexibility index (Phi) is 6.09. The lowest BCUT2D eigenvalue weighted by Crippen LogP contribution is -2.19. The number of carbonyl (C=O) groups is 1. The number of para-hydroxylation sites is 1. The van der Waals surface area contributed by atoms with Gasteiger partial charge in [0.1, 0.15) is 18.0 Å². The highest BCUT2D eigenvalue weighted by atomic mass is 16.6. The second kappa shape index (κ2) is 8.69. The Labute approximate surface area is 163 Å². The van der Waals surface area contributed by atoms with Gasteiger partial charge in [-0.05, 0) is 42.5 Å². The zero-order chi connectivity index (χ0) is 20.1. The van der Waals surface area contributed by atoms with Crippen LogP contribution in [0.25, 0.3) is 5.65 Å². The average molecular weight is 380 g/mol. The quantitative estimate of drug-likeness (QED) is 0.585. The van der Waals surface area contributed by atoms with Crippen molar-refractivity contribution in [3.8, 4) is 5.75 Å².